The van der Waals surface area contributed by atoms with Crippen molar-refractivity contribution in [3.05, 3.63) is 64.2 Å². The maximum atomic E-state index is 13.3. The van der Waals surface area contributed by atoms with Crippen LogP contribution in [0.4, 0.5) is 0 Å². The Bertz CT molecular complexity index is 1650. The van der Waals surface area contributed by atoms with E-state index in [9.17, 15) is 19.2 Å². The van der Waals surface area contributed by atoms with Crippen molar-refractivity contribution < 1.29 is 28.7 Å². The van der Waals surface area contributed by atoms with Crippen molar-refractivity contribution in [2.75, 3.05) is 27.3 Å². The highest BCUT2D eigenvalue weighted by atomic mass is 16.5. The summed E-state index contributed by atoms with van der Waals surface area (Å²) in [5, 5.41) is 2.38. The van der Waals surface area contributed by atoms with Gasteiger partial charge in [0.2, 0.25) is 11.8 Å². The van der Waals surface area contributed by atoms with E-state index in [1.54, 1.807) is 19.1 Å². The maximum Gasteiger partial charge on any atom is 0.255 e. The van der Waals surface area contributed by atoms with Gasteiger partial charge in [-0.05, 0) is 91.9 Å². The summed E-state index contributed by atoms with van der Waals surface area (Å²) >= 11 is 0. The van der Waals surface area contributed by atoms with E-state index in [4.69, 9.17) is 9.47 Å². The second-order valence-corrected chi connectivity index (χ2v) is 13.6. The number of allylic oxidation sites excluding steroid dienone is 1. The van der Waals surface area contributed by atoms with Crippen LogP contribution in [0.5, 0.6) is 11.5 Å². The number of piperidine rings is 2. The van der Waals surface area contributed by atoms with Crippen LogP contribution >= 0.6 is 0 Å². The van der Waals surface area contributed by atoms with E-state index in [0.29, 0.717) is 29.9 Å². The average Bonchev–Trinajstić information content (AvgIpc) is 3.36. The second-order valence-electron chi connectivity index (χ2n) is 13.6. The Balaban J connectivity index is 0.974. The minimum atomic E-state index is -0.588. The molecule has 3 amide bonds. The number of Topliss-reactive ketones (excluding diaryl/α,β-unsaturated/α-hetero) is 1. The molecule has 1 N–H and O–H groups in total. The number of aliphatic imine (C=N–C) groups is 1. The van der Waals surface area contributed by atoms with E-state index in [0.717, 1.165) is 79.2 Å². The lowest BCUT2D eigenvalue weighted by molar-refractivity contribution is -0.137. The predicted octanol–water partition coefficient (Wildman–Crippen LogP) is 4.26. The van der Waals surface area contributed by atoms with E-state index >= 15 is 0 Å². The molecule has 0 radical (unpaired) electrons. The Morgan fingerprint density at radius 1 is 1.00 bits per heavy atom. The molecule has 7 rings (SSSR count). The van der Waals surface area contributed by atoms with E-state index in [-0.39, 0.29) is 35.8 Å². The number of nitrogens with one attached hydrogen (secondary N) is 1. The van der Waals surface area contributed by atoms with Crippen LogP contribution in [0.3, 0.4) is 0 Å². The van der Waals surface area contributed by atoms with E-state index in [1.165, 1.54) is 11.8 Å². The molecule has 4 heterocycles. The highest BCUT2D eigenvalue weighted by Crippen LogP contribution is 2.57. The first kappa shape index (κ1) is 30.3. The number of hydrogen-bond donors (Lipinski definition) is 1. The van der Waals surface area contributed by atoms with Gasteiger partial charge >= 0.3 is 0 Å². The Labute approximate surface area is 268 Å². The molecular weight excluding hydrogens is 584 g/mol. The summed E-state index contributed by atoms with van der Waals surface area (Å²) in [5.74, 6) is 0.959. The third-order valence-electron chi connectivity index (χ3n) is 10.8. The third kappa shape index (κ3) is 5.42. The van der Waals surface area contributed by atoms with Crippen LogP contribution in [0.2, 0.25) is 0 Å². The molecule has 2 atom stereocenters. The van der Waals surface area contributed by atoms with Crippen molar-refractivity contribution in [3.63, 3.8) is 0 Å². The van der Waals surface area contributed by atoms with Gasteiger partial charge in [0, 0.05) is 36.6 Å². The highest BCUT2D eigenvalue weighted by molar-refractivity contribution is 6.31. The lowest BCUT2D eigenvalue weighted by Crippen LogP contribution is -2.52. The number of rotatable bonds is 7. The van der Waals surface area contributed by atoms with Crippen LogP contribution in [0, 0.1) is 11.3 Å². The number of fused-ring (bicyclic) bond motifs is 1. The van der Waals surface area contributed by atoms with Gasteiger partial charge in [-0.2, -0.15) is 0 Å². The molecular formula is C36H40N4O6. The van der Waals surface area contributed by atoms with Gasteiger partial charge in [-0.3, -0.25) is 34.4 Å². The zero-order valence-corrected chi connectivity index (χ0v) is 26.6. The maximum absolute atomic E-state index is 13.3. The normalized spacial score (nSPS) is 24.5. The first-order valence-electron chi connectivity index (χ1n) is 16.2. The molecule has 2 unspecified atom stereocenters. The van der Waals surface area contributed by atoms with Crippen LogP contribution < -0.4 is 14.8 Å². The zero-order chi connectivity index (χ0) is 32.2. The van der Waals surface area contributed by atoms with Gasteiger partial charge in [-0.15, -0.1) is 0 Å². The standard InChI is InChI=1S/C36H40N4O6/c1-21-12-28(37-18-30(21)41)24-14-31(45-2)27(32(15-24)46-3)20-39-10-8-36(9-11-39)16-25(17-36)22-4-5-23-19-40(35(44)26(23)13-22)29-6-7-33(42)38-34(29)43/h4-5,12-15,18,21,25,29H,6-11,16-17,19-20H2,1-3H3,(H,38,42,43). The van der Waals surface area contributed by atoms with Gasteiger partial charge in [0.15, 0.2) is 5.78 Å². The number of ketones is 1. The molecule has 3 fully saturated rings. The molecule has 5 aliphatic rings. The minimum Gasteiger partial charge on any atom is -0.496 e. The number of nitrogens with zero attached hydrogens (tertiary/aromatic N) is 3. The number of imide groups is 1. The van der Waals surface area contributed by atoms with Crippen molar-refractivity contribution in [2.45, 2.75) is 70.5 Å². The summed E-state index contributed by atoms with van der Waals surface area (Å²) in [7, 11) is 3.34. The first-order chi connectivity index (χ1) is 22.2. The quantitative estimate of drug-likeness (QED) is 0.458. The Morgan fingerprint density at radius 2 is 1.72 bits per heavy atom. The number of methoxy groups -OCH3 is 2. The zero-order valence-electron chi connectivity index (χ0n) is 26.6. The van der Waals surface area contributed by atoms with Crippen molar-refractivity contribution >= 4 is 35.4 Å². The van der Waals surface area contributed by atoms with Crippen molar-refractivity contribution in [3.8, 4) is 11.5 Å². The SMILES string of the molecule is COc1cc(C2=CC(C)C(=O)C=N2)cc(OC)c1CN1CCC2(CC1)CC(c1ccc3c(c1)C(=O)N(C1CCC(=O)NC1=O)C3)C2. The molecule has 46 heavy (non-hydrogen) atoms. The summed E-state index contributed by atoms with van der Waals surface area (Å²) in [6, 6.07) is 9.63. The monoisotopic (exact) mass is 624 g/mol. The molecule has 2 aromatic rings. The third-order valence-corrected chi connectivity index (χ3v) is 10.8. The van der Waals surface area contributed by atoms with Crippen molar-refractivity contribution in [2.24, 2.45) is 16.3 Å². The highest BCUT2D eigenvalue weighted by Gasteiger charge is 2.47. The number of amides is 3. The van der Waals surface area contributed by atoms with Crippen LogP contribution in [0.25, 0.3) is 5.70 Å². The molecule has 10 nitrogen and oxygen atoms in total. The van der Waals surface area contributed by atoms with Gasteiger partial charge in [0.1, 0.15) is 17.5 Å². The Morgan fingerprint density at radius 3 is 2.37 bits per heavy atom. The first-order valence-corrected chi connectivity index (χ1v) is 16.2. The number of likely N-dealkylation sites (tertiary alicyclic amines) is 1. The lowest BCUT2D eigenvalue weighted by atomic mass is 9.56. The van der Waals surface area contributed by atoms with Gasteiger partial charge in [0.05, 0.1) is 31.7 Å². The van der Waals surface area contributed by atoms with Crippen LogP contribution in [0.15, 0.2) is 41.4 Å². The van der Waals surface area contributed by atoms with Crippen molar-refractivity contribution in [1.82, 2.24) is 15.1 Å². The number of carbonyl (C=O) groups excluding carboxylic acids is 4. The van der Waals surface area contributed by atoms with E-state index in [1.807, 2.05) is 37.3 Å². The molecule has 2 saturated heterocycles. The smallest absolute Gasteiger partial charge is 0.255 e. The fourth-order valence-electron chi connectivity index (χ4n) is 7.94. The van der Waals surface area contributed by atoms with Gasteiger partial charge in [-0.1, -0.05) is 19.1 Å². The summed E-state index contributed by atoms with van der Waals surface area (Å²) in [6.07, 6.45) is 8.37. The summed E-state index contributed by atoms with van der Waals surface area (Å²) in [5.41, 5.74) is 5.79. The summed E-state index contributed by atoms with van der Waals surface area (Å²) < 4.78 is 11.6. The van der Waals surface area contributed by atoms with Crippen LogP contribution in [-0.4, -0.2) is 72.9 Å². The van der Waals surface area contributed by atoms with Crippen molar-refractivity contribution in [1.29, 1.82) is 0 Å². The van der Waals surface area contributed by atoms with Crippen LogP contribution in [-0.2, 0) is 27.5 Å². The van der Waals surface area contributed by atoms with Gasteiger partial charge < -0.3 is 14.4 Å². The van der Waals surface area contributed by atoms with E-state index in [2.05, 4.69) is 21.3 Å². The molecule has 10 heteroatoms. The lowest BCUT2D eigenvalue weighted by Gasteiger charge is -2.52. The number of carbonyl (C=O) groups is 4. The second kappa shape index (κ2) is 11.8. The summed E-state index contributed by atoms with van der Waals surface area (Å²) in [4.78, 5) is 57.7. The van der Waals surface area contributed by atoms with Crippen LogP contribution in [0.1, 0.15) is 84.0 Å². The molecule has 1 spiro atoms. The Kier molecular flexibility index (Phi) is 7.79. The van der Waals surface area contributed by atoms with Gasteiger partial charge in [0.25, 0.3) is 5.91 Å². The number of benzene rings is 2. The molecule has 1 aliphatic carbocycles. The molecule has 1 saturated carbocycles. The topological polar surface area (TPSA) is 118 Å². The van der Waals surface area contributed by atoms with Gasteiger partial charge in [-0.25, -0.2) is 0 Å². The largest absolute Gasteiger partial charge is 0.496 e. The molecule has 240 valence electrons. The fraction of sp³-hybridized carbons (Fsp3) is 0.472. The summed E-state index contributed by atoms with van der Waals surface area (Å²) in [6.45, 7) is 4.98. The fourth-order valence-corrected chi connectivity index (χ4v) is 7.94. The minimum absolute atomic E-state index is 0.000651. The predicted molar refractivity (Wildman–Crippen MR) is 172 cm³/mol. The molecule has 4 aliphatic heterocycles. The molecule has 2 aromatic carbocycles. The molecule has 0 aromatic heterocycles. The number of ether oxygens (including phenoxy) is 2. The number of hydrogen-bond acceptors (Lipinski definition) is 8. The molecule has 0 bridgehead atoms. The Hall–Kier alpha value is -4.31. The average molecular weight is 625 g/mol. The van der Waals surface area contributed by atoms with E-state index < -0.39 is 6.04 Å².